The number of hydrogen-bond acceptors (Lipinski definition) is 10. The summed E-state index contributed by atoms with van der Waals surface area (Å²) < 4.78 is 52.4. The summed E-state index contributed by atoms with van der Waals surface area (Å²) in [5.41, 5.74) is 0.443. The second-order valence-corrected chi connectivity index (χ2v) is 13.9. The first-order valence-electron chi connectivity index (χ1n) is 14.3. The molecule has 2 fully saturated rings. The number of rotatable bonds is 10. The third-order valence-corrected chi connectivity index (χ3v) is 11.3. The summed E-state index contributed by atoms with van der Waals surface area (Å²) in [6.07, 6.45) is 3.74. The van der Waals surface area contributed by atoms with Gasteiger partial charge in [-0.05, 0) is 38.3 Å². The molecule has 0 radical (unpaired) electrons. The first-order valence-corrected chi connectivity index (χ1v) is 16.7. The number of ether oxygens (including phenoxy) is 3. The van der Waals surface area contributed by atoms with Crippen molar-refractivity contribution in [3.63, 3.8) is 0 Å². The van der Waals surface area contributed by atoms with Gasteiger partial charge in [-0.25, -0.2) is 18.2 Å². The third kappa shape index (κ3) is 5.46. The maximum absolute atomic E-state index is 14.3. The van der Waals surface area contributed by atoms with Crippen LogP contribution in [0.25, 0.3) is 21.0 Å². The lowest BCUT2D eigenvalue weighted by Gasteiger charge is -2.38. The average molecular weight is 631 g/mol. The van der Waals surface area contributed by atoms with Crippen LogP contribution in [0.2, 0.25) is 0 Å². The molecule has 0 spiro atoms. The van der Waals surface area contributed by atoms with Crippen LogP contribution in [0.1, 0.15) is 43.0 Å². The molecule has 12 nitrogen and oxygen atoms in total. The third-order valence-electron chi connectivity index (χ3n) is 8.18. The molecule has 230 valence electrons. The largest absolute Gasteiger partial charge is 0.496 e. The second kappa shape index (κ2) is 12.0. The highest BCUT2D eigenvalue weighted by Crippen LogP contribution is 2.38. The zero-order valence-corrected chi connectivity index (χ0v) is 25.9. The molecule has 4 aromatic rings. The normalized spacial score (nSPS) is 17.7. The maximum Gasteiger partial charge on any atom is 0.332 e. The molecule has 1 unspecified atom stereocenters. The van der Waals surface area contributed by atoms with E-state index in [-0.39, 0.29) is 31.5 Å². The van der Waals surface area contributed by atoms with Gasteiger partial charge in [-0.1, -0.05) is 18.2 Å². The zero-order valence-electron chi connectivity index (χ0n) is 24.2. The van der Waals surface area contributed by atoms with Gasteiger partial charge in [0.2, 0.25) is 15.9 Å². The molecule has 2 saturated heterocycles. The molecule has 43 heavy (non-hydrogen) atoms. The molecule has 5 heterocycles. The van der Waals surface area contributed by atoms with E-state index in [0.29, 0.717) is 58.4 Å². The zero-order chi connectivity index (χ0) is 30.3. The Bertz CT molecular complexity index is 1830. The Kier molecular flexibility index (Phi) is 8.31. The Morgan fingerprint density at radius 2 is 1.91 bits per heavy atom. The van der Waals surface area contributed by atoms with Crippen molar-refractivity contribution in [2.24, 2.45) is 0 Å². The van der Waals surface area contributed by atoms with E-state index in [1.54, 1.807) is 18.6 Å². The van der Waals surface area contributed by atoms with Crippen LogP contribution in [0, 0.1) is 6.92 Å². The Balaban J connectivity index is 1.51. The van der Waals surface area contributed by atoms with E-state index in [0.717, 1.165) is 5.56 Å². The maximum atomic E-state index is 14.3. The number of aryl methyl sites for hydroxylation is 1. The predicted molar refractivity (Wildman–Crippen MR) is 161 cm³/mol. The molecule has 6 rings (SSSR count). The fourth-order valence-electron chi connectivity index (χ4n) is 5.73. The van der Waals surface area contributed by atoms with Gasteiger partial charge in [0.25, 0.3) is 5.56 Å². The molecule has 0 saturated carbocycles. The summed E-state index contributed by atoms with van der Waals surface area (Å²) in [5, 5.41) is 0.374. The number of hydrogen-bond donors (Lipinski definition) is 0. The van der Waals surface area contributed by atoms with Crippen LogP contribution < -0.4 is 16.0 Å². The molecule has 0 amide bonds. The monoisotopic (exact) mass is 630 g/mol. The molecule has 1 atom stereocenters. The Morgan fingerprint density at radius 3 is 2.58 bits per heavy atom. The number of para-hydroxylation sites is 1. The quantitative estimate of drug-likeness (QED) is 0.259. The van der Waals surface area contributed by atoms with E-state index in [4.69, 9.17) is 18.6 Å². The molecule has 0 bridgehead atoms. The minimum atomic E-state index is -3.45. The van der Waals surface area contributed by atoms with Crippen molar-refractivity contribution in [1.29, 1.82) is 0 Å². The van der Waals surface area contributed by atoms with Crippen LogP contribution in [0.5, 0.6) is 5.75 Å². The summed E-state index contributed by atoms with van der Waals surface area (Å²) in [6, 6.07) is 6.93. The van der Waals surface area contributed by atoms with E-state index in [2.05, 4.69) is 4.98 Å². The van der Waals surface area contributed by atoms with Crippen molar-refractivity contribution in [2.75, 3.05) is 39.2 Å². The first kappa shape index (κ1) is 29.8. The molecule has 0 N–H and O–H groups in total. The fraction of sp³-hybridized carbons (Fsp3) is 0.483. The molecule has 3 aromatic heterocycles. The van der Waals surface area contributed by atoms with Gasteiger partial charge < -0.3 is 18.6 Å². The second-order valence-electron chi connectivity index (χ2n) is 10.7. The summed E-state index contributed by atoms with van der Waals surface area (Å²) >= 11 is 1.26. The van der Waals surface area contributed by atoms with Gasteiger partial charge in [-0.3, -0.25) is 13.9 Å². The average Bonchev–Trinajstić information content (AvgIpc) is 3.64. The van der Waals surface area contributed by atoms with E-state index in [1.165, 1.54) is 32.7 Å². The first-order chi connectivity index (χ1) is 20.7. The van der Waals surface area contributed by atoms with Crippen LogP contribution in [0.3, 0.4) is 0 Å². The number of thiophene rings is 1. The lowest BCUT2D eigenvalue weighted by molar-refractivity contribution is -0.0753. The fourth-order valence-corrected chi connectivity index (χ4v) is 8.14. The number of sulfonamides is 1. The van der Waals surface area contributed by atoms with E-state index in [9.17, 15) is 18.0 Å². The van der Waals surface area contributed by atoms with E-state index >= 15 is 0 Å². The van der Waals surface area contributed by atoms with Crippen molar-refractivity contribution < 1.29 is 27.0 Å². The Hall–Kier alpha value is -3.30. The molecule has 0 aliphatic carbocycles. The van der Waals surface area contributed by atoms with Gasteiger partial charge in [0, 0.05) is 31.9 Å². The Morgan fingerprint density at radius 1 is 1.16 bits per heavy atom. The molecular formula is C29H34N4O8S2. The molecule has 2 aliphatic heterocycles. The van der Waals surface area contributed by atoms with Crippen molar-refractivity contribution in [2.45, 2.75) is 51.5 Å². The van der Waals surface area contributed by atoms with Crippen molar-refractivity contribution >= 4 is 31.6 Å². The van der Waals surface area contributed by atoms with E-state index < -0.39 is 33.4 Å². The van der Waals surface area contributed by atoms with Crippen molar-refractivity contribution in [1.82, 2.24) is 18.4 Å². The molecule has 14 heteroatoms. The highest BCUT2D eigenvalue weighted by atomic mass is 32.2. The van der Waals surface area contributed by atoms with Crippen LogP contribution in [-0.4, -0.2) is 72.1 Å². The summed E-state index contributed by atoms with van der Waals surface area (Å²) in [6.45, 7) is 4.76. The topological polar surface area (TPSA) is 135 Å². The lowest BCUT2D eigenvalue weighted by Crippen LogP contribution is -2.57. The van der Waals surface area contributed by atoms with Gasteiger partial charge >= 0.3 is 5.69 Å². The highest BCUT2D eigenvalue weighted by molar-refractivity contribution is 7.89. The van der Waals surface area contributed by atoms with Gasteiger partial charge in [0.05, 0.1) is 48.0 Å². The number of aromatic nitrogens is 3. The number of nitrogens with zero attached hydrogens (tertiary/aromatic N) is 4. The van der Waals surface area contributed by atoms with E-state index in [1.807, 2.05) is 31.2 Å². The van der Waals surface area contributed by atoms with Crippen molar-refractivity contribution in [3.8, 4) is 16.5 Å². The number of oxazole rings is 1. The van der Waals surface area contributed by atoms with Crippen LogP contribution in [-0.2, 0) is 26.0 Å². The Labute approximate surface area is 252 Å². The molecular weight excluding hydrogens is 596 g/mol. The minimum Gasteiger partial charge on any atom is -0.496 e. The van der Waals surface area contributed by atoms with Crippen LogP contribution >= 0.6 is 11.3 Å². The number of benzene rings is 1. The summed E-state index contributed by atoms with van der Waals surface area (Å²) in [7, 11) is -1.86. The summed E-state index contributed by atoms with van der Waals surface area (Å²) in [4.78, 5) is 33.7. The van der Waals surface area contributed by atoms with Crippen molar-refractivity contribution in [3.05, 3.63) is 68.7 Å². The summed E-state index contributed by atoms with van der Waals surface area (Å²) in [5.74, 6) is 0.928. The van der Waals surface area contributed by atoms with Gasteiger partial charge in [-0.2, -0.15) is 4.31 Å². The molecule has 1 aromatic carbocycles. The lowest BCUT2D eigenvalue weighted by atomic mass is 10.1. The molecule has 2 aliphatic rings. The van der Waals surface area contributed by atoms with Gasteiger partial charge in [0.1, 0.15) is 22.9 Å². The number of methoxy groups -OCH3 is 1. The number of fused-ring (bicyclic) bond motifs is 1. The predicted octanol–water partition coefficient (Wildman–Crippen LogP) is 3.34. The smallest absolute Gasteiger partial charge is 0.332 e. The SMILES string of the molecule is CCS(=O)(=O)N1CC(n2c(=O)c3c(C)c(-c4ncco4)sc3n(CC(OC3CCOCC3)c3ccccc3OC)c2=O)C1. The minimum absolute atomic E-state index is 0.0504. The van der Waals surface area contributed by atoms with Crippen LogP contribution in [0.4, 0.5) is 0 Å². The van der Waals surface area contributed by atoms with Gasteiger partial charge in [0.15, 0.2) is 0 Å². The van der Waals surface area contributed by atoms with Gasteiger partial charge in [-0.15, -0.1) is 11.3 Å². The van der Waals surface area contributed by atoms with Crippen LogP contribution in [0.15, 0.2) is 50.7 Å². The standard InChI is InChI=1S/C29H34N4O8S2/c1-4-43(36,37)31-15-19(16-31)33-27(34)24-18(2)25(26-30-11-14-40-26)42-28(24)32(29(33)35)17-23(41-20-9-12-39-13-10-20)21-7-5-6-8-22(21)38-3/h5-8,11,14,19-20,23H,4,9-10,12-13,15-17H2,1-3H3. The highest BCUT2D eigenvalue weighted by Gasteiger charge is 2.39.